The monoisotopic (exact) mass is 388 g/mol. The number of nitriles is 1. The van der Waals surface area contributed by atoms with Crippen LogP contribution >= 0.6 is 0 Å². The van der Waals surface area contributed by atoms with Crippen molar-refractivity contribution in [1.29, 1.82) is 5.26 Å². The van der Waals surface area contributed by atoms with Crippen LogP contribution in [0.1, 0.15) is 5.69 Å². The first kappa shape index (κ1) is 18.9. The van der Waals surface area contributed by atoms with Crippen molar-refractivity contribution in [3.05, 3.63) is 36.0 Å². The normalized spacial score (nSPS) is 15.2. The zero-order valence-corrected chi connectivity index (χ0v) is 15.9. The van der Waals surface area contributed by atoms with Crippen LogP contribution in [0.4, 0.5) is 11.6 Å². The van der Waals surface area contributed by atoms with E-state index in [-0.39, 0.29) is 11.6 Å². The van der Waals surface area contributed by atoms with E-state index in [0.717, 1.165) is 32.4 Å². The van der Waals surface area contributed by atoms with E-state index in [1.54, 1.807) is 24.3 Å². The summed E-state index contributed by atoms with van der Waals surface area (Å²) in [6.07, 6.45) is 1.08. The van der Waals surface area contributed by atoms with Crippen LogP contribution in [0.2, 0.25) is 0 Å². The maximum atomic E-state index is 11.3. The van der Waals surface area contributed by atoms with E-state index in [4.69, 9.17) is 4.74 Å². The zero-order chi connectivity index (χ0) is 19.4. The highest BCUT2D eigenvalue weighted by Gasteiger charge is 2.18. The fourth-order valence-corrected chi connectivity index (χ4v) is 3.16. The largest absolute Gasteiger partial charge is 0.439 e. The molecule has 0 aliphatic carbocycles. The van der Waals surface area contributed by atoms with Crippen molar-refractivity contribution >= 4 is 21.7 Å². The molecule has 10 heteroatoms. The second-order valence-electron chi connectivity index (χ2n) is 6.29. The maximum absolute atomic E-state index is 11.3. The minimum absolute atomic E-state index is 0.226. The third-order valence-electron chi connectivity index (χ3n) is 3.97. The summed E-state index contributed by atoms with van der Waals surface area (Å²) >= 11 is 0. The summed E-state index contributed by atoms with van der Waals surface area (Å²) in [5, 5.41) is 9.25. The van der Waals surface area contributed by atoms with Gasteiger partial charge in [-0.25, -0.2) is 13.4 Å². The fourth-order valence-electron chi connectivity index (χ4n) is 2.60. The number of anilines is 2. The fraction of sp³-hybridized carbons (Fsp3) is 0.353. The Morgan fingerprint density at radius 1 is 1.15 bits per heavy atom. The van der Waals surface area contributed by atoms with Crippen molar-refractivity contribution < 1.29 is 13.2 Å². The standard InChI is InChI=1S/C17H20N6O3S/c1-22-7-9-23(10-8-22)17-19-14(12-18)11-16(20-17)26-15-5-3-13(4-6-15)21-27(2,24)25/h3-6,11,21H,7-10H2,1-2H3. The molecule has 1 aromatic carbocycles. The second kappa shape index (κ2) is 7.77. The van der Waals surface area contributed by atoms with E-state index in [0.29, 0.717) is 17.4 Å². The first-order chi connectivity index (χ1) is 12.8. The molecule has 2 aromatic rings. The van der Waals surface area contributed by atoms with Crippen LogP contribution < -0.4 is 14.4 Å². The second-order valence-corrected chi connectivity index (χ2v) is 8.04. The highest BCUT2D eigenvalue weighted by Crippen LogP contribution is 2.24. The number of hydrogen-bond acceptors (Lipinski definition) is 8. The predicted octanol–water partition coefficient (Wildman–Crippen LogP) is 1.26. The van der Waals surface area contributed by atoms with Gasteiger partial charge in [0.25, 0.3) is 0 Å². The van der Waals surface area contributed by atoms with Gasteiger partial charge in [-0.2, -0.15) is 10.2 Å². The van der Waals surface area contributed by atoms with Gasteiger partial charge in [-0.1, -0.05) is 0 Å². The number of nitrogens with zero attached hydrogens (tertiary/aromatic N) is 5. The molecule has 1 saturated heterocycles. The predicted molar refractivity (Wildman–Crippen MR) is 101 cm³/mol. The van der Waals surface area contributed by atoms with Crippen molar-refractivity contribution in [2.24, 2.45) is 0 Å². The maximum Gasteiger partial charge on any atom is 0.230 e. The van der Waals surface area contributed by atoms with Crippen molar-refractivity contribution in [2.75, 3.05) is 49.1 Å². The Morgan fingerprint density at radius 2 is 1.81 bits per heavy atom. The molecule has 1 aromatic heterocycles. The molecule has 0 bridgehead atoms. The quantitative estimate of drug-likeness (QED) is 0.815. The first-order valence-electron chi connectivity index (χ1n) is 8.31. The van der Waals surface area contributed by atoms with E-state index in [1.807, 2.05) is 11.0 Å². The molecule has 0 saturated carbocycles. The van der Waals surface area contributed by atoms with Crippen LogP contribution in [-0.4, -0.2) is 62.8 Å². The number of rotatable bonds is 5. The summed E-state index contributed by atoms with van der Waals surface area (Å²) in [7, 11) is -1.28. The van der Waals surface area contributed by atoms with E-state index >= 15 is 0 Å². The molecule has 0 unspecified atom stereocenters. The lowest BCUT2D eigenvalue weighted by Gasteiger charge is -2.32. The molecule has 0 atom stereocenters. The number of sulfonamides is 1. The number of aromatic nitrogens is 2. The number of nitrogens with one attached hydrogen (secondary N) is 1. The summed E-state index contributed by atoms with van der Waals surface area (Å²) in [6, 6.07) is 9.93. The number of benzene rings is 1. The Hall–Kier alpha value is -2.90. The van der Waals surface area contributed by atoms with Crippen LogP contribution in [0, 0.1) is 11.3 Å². The molecule has 3 rings (SSSR count). The Labute approximate surface area is 158 Å². The van der Waals surface area contributed by atoms with Gasteiger partial charge in [0.1, 0.15) is 17.5 Å². The van der Waals surface area contributed by atoms with Crippen LogP contribution in [0.25, 0.3) is 0 Å². The molecule has 9 nitrogen and oxygen atoms in total. The van der Waals surface area contributed by atoms with Crippen molar-refractivity contribution in [1.82, 2.24) is 14.9 Å². The van der Waals surface area contributed by atoms with Gasteiger partial charge in [0, 0.05) is 37.9 Å². The average molecular weight is 388 g/mol. The van der Waals surface area contributed by atoms with Crippen LogP contribution in [0.3, 0.4) is 0 Å². The van der Waals surface area contributed by atoms with Gasteiger partial charge in [-0.15, -0.1) is 0 Å². The molecule has 0 radical (unpaired) electrons. The molecule has 1 fully saturated rings. The molecule has 1 aliphatic rings. The SMILES string of the molecule is CN1CCN(c2nc(C#N)cc(Oc3ccc(NS(C)(=O)=O)cc3)n2)CC1. The van der Waals surface area contributed by atoms with Crippen LogP contribution in [0.15, 0.2) is 30.3 Å². The summed E-state index contributed by atoms with van der Waals surface area (Å²) in [4.78, 5) is 12.9. The lowest BCUT2D eigenvalue weighted by molar-refractivity contribution is 0.310. The molecular weight excluding hydrogens is 368 g/mol. The summed E-state index contributed by atoms with van der Waals surface area (Å²) in [5.41, 5.74) is 0.660. The highest BCUT2D eigenvalue weighted by molar-refractivity contribution is 7.92. The molecule has 142 valence electrons. The van der Waals surface area contributed by atoms with Gasteiger partial charge in [-0.3, -0.25) is 4.72 Å². The van der Waals surface area contributed by atoms with Crippen LogP contribution in [-0.2, 0) is 10.0 Å². The van der Waals surface area contributed by atoms with Crippen molar-refractivity contribution in [3.8, 4) is 17.7 Å². The topological polar surface area (TPSA) is 111 Å². The smallest absolute Gasteiger partial charge is 0.230 e. The van der Waals surface area contributed by atoms with Gasteiger partial charge >= 0.3 is 0 Å². The Balaban J connectivity index is 1.78. The summed E-state index contributed by atoms with van der Waals surface area (Å²) in [5.74, 6) is 1.20. The van der Waals surface area contributed by atoms with E-state index in [2.05, 4.69) is 26.6 Å². The molecule has 27 heavy (non-hydrogen) atoms. The first-order valence-corrected chi connectivity index (χ1v) is 10.2. The Bertz CT molecular complexity index is 948. The summed E-state index contributed by atoms with van der Waals surface area (Å²) in [6.45, 7) is 3.34. The van der Waals surface area contributed by atoms with Gasteiger partial charge in [0.15, 0.2) is 0 Å². The number of likely N-dealkylation sites (N-methyl/N-ethyl adjacent to an activating group) is 1. The van der Waals surface area contributed by atoms with Gasteiger partial charge in [0.05, 0.1) is 6.26 Å². The molecule has 1 aliphatic heterocycles. The number of piperazine rings is 1. The van der Waals surface area contributed by atoms with Crippen molar-refractivity contribution in [3.63, 3.8) is 0 Å². The Morgan fingerprint density at radius 3 is 2.41 bits per heavy atom. The van der Waals surface area contributed by atoms with Gasteiger partial charge < -0.3 is 14.5 Å². The van der Waals surface area contributed by atoms with E-state index < -0.39 is 10.0 Å². The molecule has 0 amide bonds. The minimum Gasteiger partial charge on any atom is -0.439 e. The lowest BCUT2D eigenvalue weighted by Crippen LogP contribution is -2.45. The average Bonchev–Trinajstić information content (AvgIpc) is 2.62. The third-order valence-corrected chi connectivity index (χ3v) is 4.58. The molecule has 0 spiro atoms. The van der Waals surface area contributed by atoms with E-state index in [1.165, 1.54) is 6.07 Å². The van der Waals surface area contributed by atoms with Crippen molar-refractivity contribution in [2.45, 2.75) is 0 Å². The van der Waals surface area contributed by atoms with Gasteiger partial charge in [-0.05, 0) is 31.3 Å². The lowest BCUT2D eigenvalue weighted by atomic mass is 10.3. The highest BCUT2D eigenvalue weighted by atomic mass is 32.2. The molecule has 1 N–H and O–H groups in total. The Kier molecular flexibility index (Phi) is 5.43. The van der Waals surface area contributed by atoms with Gasteiger partial charge in [0.2, 0.25) is 21.9 Å². The molecule has 2 heterocycles. The van der Waals surface area contributed by atoms with Crippen LogP contribution in [0.5, 0.6) is 11.6 Å². The summed E-state index contributed by atoms with van der Waals surface area (Å²) < 4.78 is 30.6. The molecular formula is C17H20N6O3S. The number of ether oxygens (including phenoxy) is 1. The number of hydrogen-bond donors (Lipinski definition) is 1. The van der Waals surface area contributed by atoms with E-state index in [9.17, 15) is 13.7 Å². The zero-order valence-electron chi connectivity index (χ0n) is 15.1. The minimum atomic E-state index is -3.34. The third kappa shape index (κ3) is 5.29.